The van der Waals surface area contributed by atoms with Crippen LogP contribution in [0, 0.1) is 0 Å². The van der Waals surface area contributed by atoms with Gasteiger partial charge in [-0.05, 0) is 0 Å². The monoisotopic (exact) mass is 223 g/mol. The fourth-order valence-electron chi connectivity index (χ4n) is 1.45. The number of primary amides is 1. The number of hydrogen-bond acceptors (Lipinski definition) is 7. The molecular formula is C7H13NO7. The van der Waals surface area contributed by atoms with Crippen molar-refractivity contribution in [1.82, 2.24) is 0 Å². The molecule has 0 aromatic heterocycles. The van der Waals surface area contributed by atoms with Crippen LogP contribution in [-0.4, -0.2) is 68.2 Å². The first-order valence-corrected chi connectivity index (χ1v) is 4.18. The molecule has 1 amide bonds. The van der Waals surface area contributed by atoms with Crippen LogP contribution < -0.4 is 5.73 Å². The second-order valence-corrected chi connectivity index (χ2v) is 3.32. The first-order chi connectivity index (χ1) is 6.85. The Bertz CT molecular complexity index is 256. The van der Waals surface area contributed by atoms with Crippen LogP contribution in [0.4, 0.5) is 0 Å². The predicted octanol–water partition coefficient (Wildman–Crippen LogP) is -4.37. The molecule has 7 N–H and O–H groups in total. The van der Waals surface area contributed by atoms with Gasteiger partial charge in [0.05, 0.1) is 6.61 Å². The molecule has 0 bridgehead atoms. The highest BCUT2D eigenvalue weighted by Gasteiger charge is 2.58. The quantitative estimate of drug-likeness (QED) is 0.276. The summed E-state index contributed by atoms with van der Waals surface area (Å²) in [5.74, 6) is -1.36. The Morgan fingerprint density at radius 2 is 1.93 bits per heavy atom. The van der Waals surface area contributed by atoms with Gasteiger partial charge in [-0.2, -0.15) is 0 Å². The van der Waals surface area contributed by atoms with E-state index in [1.807, 2.05) is 0 Å². The van der Waals surface area contributed by atoms with Crippen LogP contribution in [0.3, 0.4) is 0 Å². The summed E-state index contributed by atoms with van der Waals surface area (Å²) < 4.78 is 4.54. The van der Waals surface area contributed by atoms with Crippen molar-refractivity contribution in [3.63, 3.8) is 0 Å². The van der Waals surface area contributed by atoms with E-state index in [1.54, 1.807) is 0 Å². The molecule has 0 aliphatic carbocycles. The van der Waals surface area contributed by atoms with Crippen molar-refractivity contribution in [2.24, 2.45) is 5.73 Å². The molecule has 1 aliphatic rings. The molecule has 0 aromatic rings. The number of nitrogens with two attached hydrogens (primary N) is 1. The Kier molecular flexibility index (Phi) is 3.28. The maximum atomic E-state index is 10.9. The average molecular weight is 223 g/mol. The molecular weight excluding hydrogens is 210 g/mol. The molecule has 0 aromatic carbocycles. The third-order valence-electron chi connectivity index (χ3n) is 2.42. The zero-order chi connectivity index (χ0) is 11.8. The largest absolute Gasteiger partial charge is 0.394 e. The van der Waals surface area contributed by atoms with E-state index < -0.39 is 42.7 Å². The highest BCUT2D eigenvalue weighted by atomic mass is 16.6. The van der Waals surface area contributed by atoms with Crippen LogP contribution in [0.2, 0.25) is 0 Å². The van der Waals surface area contributed by atoms with Crippen molar-refractivity contribution in [2.75, 3.05) is 6.61 Å². The molecule has 1 aliphatic heterocycles. The standard InChI is InChI=1S/C7H13NO7/c8-6(13)7(14)2(1-9)15-5(12)3(10)4(7)11/h2-5,9-12,14H,1H2,(H2,8,13)/t2-,3+,4-,5+,7-/m1/s1. The first-order valence-electron chi connectivity index (χ1n) is 4.18. The SMILES string of the molecule is NC(=O)[C@]1(O)[C@H](O)[C@H](O)[C@@H](O)O[C@@H]1CO. The van der Waals surface area contributed by atoms with Crippen molar-refractivity contribution in [3.05, 3.63) is 0 Å². The van der Waals surface area contributed by atoms with Gasteiger partial charge in [-0.15, -0.1) is 0 Å². The first kappa shape index (κ1) is 12.3. The molecule has 1 heterocycles. The predicted molar refractivity (Wildman–Crippen MR) is 44.1 cm³/mol. The summed E-state index contributed by atoms with van der Waals surface area (Å²) in [5, 5.41) is 46.1. The topological polar surface area (TPSA) is 153 Å². The van der Waals surface area contributed by atoms with E-state index in [4.69, 9.17) is 21.1 Å². The molecule has 8 heteroatoms. The molecule has 0 unspecified atom stereocenters. The Morgan fingerprint density at radius 1 is 1.40 bits per heavy atom. The summed E-state index contributed by atoms with van der Waals surface area (Å²) in [6.45, 7) is -0.847. The van der Waals surface area contributed by atoms with Gasteiger partial charge in [0, 0.05) is 0 Å². The number of rotatable bonds is 2. The van der Waals surface area contributed by atoms with Gasteiger partial charge in [0.25, 0.3) is 5.91 Å². The Morgan fingerprint density at radius 3 is 2.33 bits per heavy atom. The summed E-state index contributed by atoms with van der Waals surface area (Å²) in [6.07, 6.45) is -7.32. The van der Waals surface area contributed by atoms with Gasteiger partial charge < -0.3 is 36.0 Å². The number of aliphatic hydroxyl groups excluding tert-OH is 4. The number of hydrogen-bond donors (Lipinski definition) is 6. The molecule has 8 nitrogen and oxygen atoms in total. The summed E-state index contributed by atoms with van der Waals surface area (Å²) in [4.78, 5) is 10.9. The minimum atomic E-state index is -2.63. The van der Waals surface area contributed by atoms with Gasteiger partial charge in [0.2, 0.25) is 0 Å². The number of carbonyl (C=O) groups is 1. The average Bonchev–Trinajstić information content (AvgIpc) is 2.20. The second-order valence-electron chi connectivity index (χ2n) is 3.32. The van der Waals surface area contributed by atoms with Crippen molar-refractivity contribution in [3.8, 4) is 0 Å². The Balaban J connectivity index is 3.04. The maximum Gasteiger partial charge on any atom is 0.255 e. The molecule has 1 fully saturated rings. The fourth-order valence-corrected chi connectivity index (χ4v) is 1.45. The molecule has 0 saturated carbocycles. The fraction of sp³-hybridized carbons (Fsp3) is 0.857. The minimum absolute atomic E-state index is 0.847. The van der Waals surface area contributed by atoms with E-state index in [-0.39, 0.29) is 0 Å². The van der Waals surface area contributed by atoms with Gasteiger partial charge in [0.1, 0.15) is 18.3 Å². The van der Waals surface area contributed by atoms with Crippen LogP contribution in [0.25, 0.3) is 0 Å². The minimum Gasteiger partial charge on any atom is -0.394 e. The van der Waals surface area contributed by atoms with Crippen LogP contribution in [0.15, 0.2) is 0 Å². The smallest absolute Gasteiger partial charge is 0.255 e. The van der Waals surface area contributed by atoms with Gasteiger partial charge in [-0.1, -0.05) is 0 Å². The lowest BCUT2D eigenvalue weighted by atomic mass is 9.84. The summed E-state index contributed by atoms with van der Waals surface area (Å²) in [7, 11) is 0. The summed E-state index contributed by atoms with van der Waals surface area (Å²) >= 11 is 0. The van der Waals surface area contributed by atoms with Gasteiger partial charge in [-0.25, -0.2) is 0 Å². The maximum absolute atomic E-state index is 10.9. The van der Waals surface area contributed by atoms with Gasteiger partial charge in [0.15, 0.2) is 11.9 Å². The van der Waals surface area contributed by atoms with E-state index in [2.05, 4.69) is 4.74 Å². The van der Waals surface area contributed by atoms with Crippen LogP contribution >= 0.6 is 0 Å². The molecule has 1 rings (SSSR count). The number of carbonyl (C=O) groups excluding carboxylic acids is 1. The lowest BCUT2D eigenvalue weighted by Gasteiger charge is -2.44. The van der Waals surface area contributed by atoms with Crippen molar-refractivity contribution in [2.45, 2.75) is 30.2 Å². The van der Waals surface area contributed by atoms with E-state index in [9.17, 15) is 15.0 Å². The van der Waals surface area contributed by atoms with Gasteiger partial charge >= 0.3 is 0 Å². The normalized spacial score (nSPS) is 46.5. The van der Waals surface area contributed by atoms with E-state index in [0.29, 0.717) is 0 Å². The Hall–Kier alpha value is -0.770. The molecule has 0 radical (unpaired) electrons. The van der Waals surface area contributed by atoms with E-state index in [0.717, 1.165) is 0 Å². The lowest BCUT2D eigenvalue weighted by molar-refractivity contribution is -0.310. The highest BCUT2D eigenvalue weighted by Crippen LogP contribution is 2.28. The van der Waals surface area contributed by atoms with Gasteiger partial charge in [-0.3, -0.25) is 4.79 Å². The number of aliphatic hydroxyl groups is 5. The van der Waals surface area contributed by atoms with Crippen molar-refractivity contribution >= 4 is 5.91 Å². The highest BCUT2D eigenvalue weighted by molar-refractivity contribution is 5.85. The molecule has 88 valence electrons. The second kappa shape index (κ2) is 4.00. The van der Waals surface area contributed by atoms with Crippen molar-refractivity contribution < 1.29 is 35.1 Å². The zero-order valence-corrected chi connectivity index (χ0v) is 7.65. The van der Waals surface area contributed by atoms with Crippen LogP contribution in [0.5, 0.6) is 0 Å². The Labute approximate surface area is 84.5 Å². The van der Waals surface area contributed by atoms with E-state index >= 15 is 0 Å². The zero-order valence-electron chi connectivity index (χ0n) is 7.65. The van der Waals surface area contributed by atoms with Crippen molar-refractivity contribution in [1.29, 1.82) is 0 Å². The molecule has 1 saturated heterocycles. The summed E-state index contributed by atoms with van der Waals surface area (Å²) in [5.41, 5.74) is 2.20. The summed E-state index contributed by atoms with van der Waals surface area (Å²) in [6, 6.07) is 0. The number of amides is 1. The van der Waals surface area contributed by atoms with E-state index in [1.165, 1.54) is 0 Å². The number of ether oxygens (including phenoxy) is 1. The lowest BCUT2D eigenvalue weighted by Crippen LogP contribution is -2.71. The third kappa shape index (κ3) is 1.71. The molecule has 5 atom stereocenters. The van der Waals surface area contributed by atoms with Crippen LogP contribution in [-0.2, 0) is 9.53 Å². The molecule has 0 spiro atoms. The molecule has 15 heavy (non-hydrogen) atoms. The van der Waals surface area contributed by atoms with Crippen LogP contribution in [0.1, 0.15) is 0 Å². The third-order valence-corrected chi connectivity index (χ3v) is 2.42.